The van der Waals surface area contributed by atoms with Crippen LogP contribution in [0.3, 0.4) is 0 Å². The van der Waals surface area contributed by atoms with E-state index < -0.39 is 11.6 Å². The van der Waals surface area contributed by atoms with E-state index in [0.717, 1.165) is 12.8 Å². The minimum Gasteiger partial charge on any atom is -0.481 e. The van der Waals surface area contributed by atoms with E-state index in [4.69, 9.17) is 9.84 Å². The first kappa shape index (κ1) is 13.2. The highest BCUT2D eigenvalue weighted by molar-refractivity contribution is 5.74. The van der Waals surface area contributed by atoms with Crippen LogP contribution in [-0.4, -0.2) is 40.3 Å². The molecule has 0 aromatic heterocycles. The number of aliphatic carboxylic acids is 1. The van der Waals surface area contributed by atoms with Crippen LogP contribution in [0.2, 0.25) is 0 Å². The normalized spacial score (nSPS) is 31.3. The number of nitrogens with zero attached hydrogens (tertiary/aromatic N) is 1. The summed E-state index contributed by atoms with van der Waals surface area (Å²) in [6.45, 7) is 6.20. The molecule has 1 saturated carbocycles. The summed E-state index contributed by atoms with van der Waals surface area (Å²) in [6, 6.07) is 0.0564. The highest BCUT2D eigenvalue weighted by Gasteiger charge is 2.52. The first-order valence-corrected chi connectivity index (χ1v) is 6.52. The smallest absolute Gasteiger partial charge is 0.410 e. The van der Waals surface area contributed by atoms with Crippen LogP contribution in [0.1, 0.15) is 40.0 Å². The number of likely N-dealkylation sites (tertiary alicyclic amines) is 1. The number of carbonyl (C=O) groups excluding carboxylic acids is 1. The summed E-state index contributed by atoms with van der Waals surface area (Å²) >= 11 is 0. The van der Waals surface area contributed by atoms with Gasteiger partial charge in [0.2, 0.25) is 0 Å². The fraction of sp³-hybridized carbons (Fsp3) is 0.846. The van der Waals surface area contributed by atoms with Crippen molar-refractivity contribution in [2.24, 2.45) is 11.8 Å². The first-order chi connectivity index (χ1) is 8.29. The van der Waals surface area contributed by atoms with Gasteiger partial charge in [-0.3, -0.25) is 4.79 Å². The maximum absolute atomic E-state index is 12.0. The number of ether oxygens (including phenoxy) is 1. The molecule has 5 heteroatoms. The standard InChI is InChI=1S/C13H21NO4/c1-13(2,3)18-12(17)14-6-4-5-10(14)8-7-9(8)11(15)16/h8-10H,4-7H2,1-3H3,(H,15,16)/t8-,9-,10?/m1/s1. The van der Waals surface area contributed by atoms with Gasteiger partial charge in [-0.25, -0.2) is 4.79 Å². The molecule has 102 valence electrons. The summed E-state index contributed by atoms with van der Waals surface area (Å²) in [6.07, 6.45) is 2.22. The second-order valence-corrected chi connectivity index (χ2v) is 6.23. The van der Waals surface area contributed by atoms with E-state index >= 15 is 0 Å². The lowest BCUT2D eigenvalue weighted by Gasteiger charge is -2.28. The molecule has 1 N–H and O–H groups in total. The van der Waals surface area contributed by atoms with Gasteiger partial charge in [-0.15, -0.1) is 0 Å². The average Bonchev–Trinajstić information content (AvgIpc) is 2.86. The molecule has 1 unspecified atom stereocenters. The van der Waals surface area contributed by atoms with Crippen LogP contribution in [0.15, 0.2) is 0 Å². The van der Waals surface area contributed by atoms with Gasteiger partial charge >= 0.3 is 12.1 Å². The fourth-order valence-electron chi connectivity index (χ4n) is 2.71. The summed E-state index contributed by atoms with van der Waals surface area (Å²) in [4.78, 5) is 24.7. The van der Waals surface area contributed by atoms with Crippen LogP contribution in [0.25, 0.3) is 0 Å². The molecule has 1 aliphatic heterocycles. The van der Waals surface area contributed by atoms with Crippen molar-refractivity contribution >= 4 is 12.1 Å². The Balaban J connectivity index is 1.96. The summed E-state index contributed by atoms with van der Waals surface area (Å²) in [5, 5.41) is 8.96. The molecule has 18 heavy (non-hydrogen) atoms. The first-order valence-electron chi connectivity index (χ1n) is 6.52. The number of carbonyl (C=O) groups is 2. The summed E-state index contributed by atoms with van der Waals surface area (Å²) in [7, 11) is 0. The molecular weight excluding hydrogens is 234 g/mol. The molecule has 0 radical (unpaired) electrons. The van der Waals surface area contributed by atoms with Crippen LogP contribution in [0, 0.1) is 11.8 Å². The van der Waals surface area contributed by atoms with Gasteiger partial charge in [-0.2, -0.15) is 0 Å². The van der Waals surface area contributed by atoms with Crippen molar-refractivity contribution in [2.45, 2.75) is 51.7 Å². The van der Waals surface area contributed by atoms with Gasteiger partial charge in [0.1, 0.15) is 5.60 Å². The zero-order valence-corrected chi connectivity index (χ0v) is 11.2. The molecule has 0 spiro atoms. The second kappa shape index (κ2) is 4.44. The van der Waals surface area contributed by atoms with E-state index in [1.54, 1.807) is 4.90 Å². The van der Waals surface area contributed by atoms with Crippen molar-refractivity contribution in [3.63, 3.8) is 0 Å². The van der Waals surface area contributed by atoms with Crippen molar-refractivity contribution < 1.29 is 19.4 Å². The van der Waals surface area contributed by atoms with E-state index in [-0.39, 0.29) is 24.0 Å². The molecule has 0 aromatic carbocycles. The van der Waals surface area contributed by atoms with Crippen LogP contribution in [-0.2, 0) is 9.53 Å². The highest BCUT2D eigenvalue weighted by Crippen LogP contribution is 2.46. The minimum atomic E-state index is -0.740. The molecule has 1 saturated heterocycles. The third kappa shape index (κ3) is 2.76. The van der Waals surface area contributed by atoms with Gasteiger partial charge in [0.05, 0.1) is 5.92 Å². The predicted molar refractivity (Wildman–Crippen MR) is 65.2 cm³/mol. The number of carboxylic acids is 1. The quantitative estimate of drug-likeness (QED) is 0.820. The molecule has 3 atom stereocenters. The summed E-state index contributed by atoms with van der Waals surface area (Å²) in [5.74, 6) is -0.883. The zero-order valence-electron chi connectivity index (χ0n) is 11.2. The monoisotopic (exact) mass is 255 g/mol. The number of hydrogen-bond acceptors (Lipinski definition) is 3. The van der Waals surface area contributed by atoms with Gasteiger partial charge in [-0.1, -0.05) is 0 Å². The lowest BCUT2D eigenvalue weighted by Crippen LogP contribution is -2.41. The maximum Gasteiger partial charge on any atom is 0.410 e. The Morgan fingerprint density at radius 3 is 2.50 bits per heavy atom. The van der Waals surface area contributed by atoms with E-state index in [9.17, 15) is 9.59 Å². The van der Waals surface area contributed by atoms with Gasteiger partial charge in [0.25, 0.3) is 0 Å². The Kier molecular flexibility index (Phi) is 3.25. The molecule has 1 amide bonds. The van der Waals surface area contributed by atoms with Gasteiger partial charge in [-0.05, 0) is 46.0 Å². The van der Waals surface area contributed by atoms with Crippen molar-refractivity contribution in [1.29, 1.82) is 0 Å². The Bertz CT molecular complexity index is 360. The van der Waals surface area contributed by atoms with Crippen LogP contribution in [0.4, 0.5) is 4.79 Å². The number of amides is 1. The molecule has 2 fully saturated rings. The van der Waals surface area contributed by atoms with Gasteiger partial charge < -0.3 is 14.7 Å². The number of carboxylic acid groups (broad SMARTS) is 1. The molecule has 1 heterocycles. The van der Waals surface area contributed by atoms with E-state index in [2.05, 4.69) is 0 Å². The third-order valence-corrected chi connectivity index (χ3v) is 3.58. The maximum atomic E-state index is 12.0. The van der Waals surface area contributed by atoms with E-state index in [1.165, 1.54) is 0 Å². The summed E-state index contributed by atoms with van der Waals surface area (Å²) < 4.78 is 5.37. The Morgan fingerprint density at radius 2 is 2.00 bits per heavy atom. The number of hydrogen-bond donors (Lipinski definition) is 1. The summed E-state index contributed by atoms with van der Waals surface area (Å²) in [5.41, 5.74) is -0.500. The van der Waals surface area contributed by atoms with Crippen molar-refractivity contribution in [3.8, 4) is 0 Å². The van der Waals surface area contributed by atoms with Crippen LogP contribution < -0.4 is 0 Å². The third-order valence-electron chi connectivity index (χ3n) is 3.58. The SMILES string of the molecule is CC(C)(C)OC(=O)N1CCCC1[C@@H]1C[C@H]1C(=O)O. The lowest BCUT2D eigenvalue weighted by molar-refractivity contribution is -0.139. The molecule has 5 nitrogen and oxygen atoms in total. The van der Waals surface area contributed by atoms with Crippen molar-refractivity contribution in [2.75, 3.05) is 6.54 Å². The van der Waals surface area contributed by atoms with E-state index in [1.807, 2.05) is 20.8 Å². The van der Waals surface area contributed by atoms with Gasteiger partial charge in [0.15, 0.2) is 0 Å². The fourth-order valence-corrected chi connectivity index (χ4v) is 2.71. The van der Waals surface area contributed by atoms with Crippen molar-refractivity contribution in [3.05, 3.63) is 0 Å². The molecule has 2 rings (SSSR count). The van der Waals surface area contributed by atoms with Crippen LogP contribution >= 0.6 is 0 Å². The van der Waals surface area contributed by atoms with Gasteiger partial charge in [0, 0.05) is 12.6 Å². The zero-order chi connectivity index (χ0) is 13.5. The lowest BCUT2D eigenvalue weighted by atomic mass is 10.1. The molecular formula is C13H21NO4. The largest absolute Gasteiger partial charge is 0.481 e. The second-order valence-electron chi connectivity index (χ2n) is 6.23. The minimum absolute atomic E-state index is 0.0564. The Labute approximate surface area is 107 Å². The van der Waals surface area contributed by atoms with E-state index in [0.29, 0.717) is 13.0 Å². The Morgan fingerprint density at radius 1 is 1.33 bits per heavy atom. The Hall–Kier alpha value is -1.26. The molecule has 2 aliphatic rings. The average molecular weight is 255 g/mol. The van der Waals surface area contributed by atoms with Crippen molar-refractivity contribution in [1.82, 2.24) is 4.90 Å². The molecule has 0 bridgehead atoms. The topological polar surface area (TPSA) is 66.8 Å². The number of rotatable bonds is 2. The predicted octanol–water partition coefficient (Wildman–Crippen LogP) is 2.11. The highest BCUT2D eigenvalue weighted by atomic mass is 16.6. The molecule has 1 aliphatic carbocycles. The molecule has 0 aromatic rings. The van der Waals surface area contributed by atoms with Crippen LogP contribution in [0.5, 0.6) is 0 Å².